The topological polar surface area (TPSA) is 75.1 Å². The lowest BCUT2D eigenvalue weighted by molar-refractivity contribution is -0.141. The summed E-state index contributed by atoms with van der Waals surface area (Å²) < 4.78 is 5.96. The average molecular weight is 310 g/mol. The highest BCUT2D eigenvalue weighted by atomic mass is 79.9. The molecular formula is C12H12BrN3O2. The third-order valence-electron chi connectivity index (χ3n) is 2.02. The number of ether oxygens (including phenoxy) is 1. The van der Waals surface area contributed by atoms with Crippen molar-refractivity contribution in [1.82, 2.24) is 0 Å². The van der Waals surface area contributed by atoms with E-state index in [0.29, 0.717) is 0 Å². The lowest BCUT2D eigenvalue weighted by Gasteiger charge is -2.02. The molecule has 0 saturated heterocycles. The van der Waals surface area contributed by atoms with Crippen molar-refractivity contribution in [1.29, 1.82) is 0 Å². The fourth-order valence-corrected chi connectivity index (χ4v) is 1.45. The highest BCUT2D eigenvalue weighted by Gasteiger charge is 2.03. The molecule has 0 N–H and O–H groups in total. The molecule has 94 valence electrons. The Labute approximate surface area is 113 Å². The summed E-state index contributed by atoms with van der Waals surface area (Å²) in [6, 6.07) is 7.48. The van der Waals surface area contributed by atoms with Crippen molar-refractivity contribution >= 4 is 21.9 Å². The monoisotopic (exact) mass is 309 g/mol. The summed E-state index contributed by atoms with van der Waals surface area (Å²) in [5.74, 6) is -0.286. The fraction of sp³-hybridized carbons (Fsp3) is 0.250. The highest BCUT2D eigenvalue weighted by molar-refractivity contribution is 9.10. The SMILES string of the molecule is [N-]=[N+]=NC/C=C/COC(=O)Cc1ccc(Br)cc1. The van der Waals surface area contributed by atoms with Gasteiger partial charge < -0.3 is 4.74 Å². The van der Waals surface area contributed by atoms with Gasteiger partial charge in [-0.15, -0.1) is 0 Å². The van der Waals surface area contributed by atoms with Crippen LogP contribution < -0.4 is 0 Å². The van der Waals surface area contributed by atoms with E-state index in [-0.39, 0.29) is 25.5 Å². The van der Waals surface area contributed by atoms with Crippen LogP contribution in [0.3, 0.4) is 0 Å². The van der Waals surface area contributed by atoms with Gasteiger partial charge in [-0.3, -0.25) is 4.79 Å². The summed E-state index contributed by atoms with van der Waals surface area (Å²) >= 11 is 3.32. The Morgan fingerprint density at radius 1 is 1.39 bits per heavy atom. The third kappa shape index (κ3) is 6.08. The van der Waals surface area contributed by atoms with E-state index in [4.69, 9.17) is 10.3 Å². The molecule has 1 aromatic rings. The summed E-state index contributed by atoms with van der Waals surface area (Å²) in [5.41, 5.74) is 8.93. The lowest BCUT2D eigenvalue weighted by Crippen LogP contribution is -2.07. The summed E-state index contributed by atoms with van der Waals surface area (Å²) in [5, 5.41) is 3.31. The summed E-state index contributed by atoms with van der Waals surface area (Å²) in [4.78, 5) is 14.0. The molecule has 0 saturated carbocycles. The second-order valence-electron chi connectivity index (χ2n) is 3.37. The molecule has 1 aromatic carbocycles. The number of rotatable bonds is 6. The molecule has 5 nitrogen and oxygen atoms in total. The minimum atomic E-state index is -0.286. The van der Waals surface area contributed by atoms with Crippen LogP contribution in [0.5, 0.6) is 0 Å². The predicted molar refractivity (Wildman–Crippen MR) is 72.0 cm³/mol. The Kier molecular flexibility index (Phi) is 6.61. The summed E-state index contributed by atoms with van der Waals surface area (Å²) in [6.45, 7) is 0.455. The number of hydrogen-bond donors (Lipinski definition) is 0. The summed E-state index contributed by atoms with van der Waals surface area (Å²) in [6.07, 6.45) is 3.54. The van der Waals surface area contributed by atoms with Crippen molar-refractivity contribution in [2.45, 2.75) is 6.42 Å². The van der Waals surface area contributed by atoms with E-state index >= 15 is 0 Å². The van der Waals surface area contributed by atoms with E-state index in [9.17, 15) is 4.79 Å². The second kappa shape index (κ2) is 8.33. The fourth-order valence-electron chi connectivity index (χ4n) is 1.19. The standard InChI is InChI=1S/C12H12BrN3O2/c13-11-5-3-10(4-6-11)9-12(17)18-8-2-1-7-15-16-14/h1-6H,7-9H2/b2-1+. The van der Waals surface area contributed by atoms with Gasteiger partial charge in [0.25, 0.3) is 0 Å². The van der Waals surface area contributed by atoms with Crippen molar-refractivity contribution in [3.05, 3.63) is 56.9 Å². The predicted octanol–water partition coefficient (Wildman–Crippen LogP) is 3.40. The smallest absolute Gasteiger partial charge is 0.310 e. The number of benzene rings is 1. The first-order valence-electron chi connectivity index (χ1n) is 5.28. The molecule has 0 aromatic heterocycles. The maximum Gasteiger partial charge on any atom is 0.310 e. The number of azide groups is 1. The van der Waals surface area contributed by atoms with Crippen LogP contribution in [0.2, 0.25) is 0 Å². The van der Waals surface area contributed by atoms with Crippen molar-refractivity contribution in [2.75, 3.05) is 13.2 Å². The molecule has 18 heavy (non-hydrogen) atoms. The molecule has 1 rings (SSSR count). The average Bonchev–Trinajstić information content (AvgIpc) is 2.36. The van der Waals surface area contributed by atoms with E-state index in [2.05, 4.69) is 26.0 Å². The molecule has 0 aliphatic heterocycles. The molecule has 0 aliphatic rings. The normalized spacial score (nSPS) is 10.1. The van der Waals surface area contributed by atoms with Gasteiger partial charge >= 0.3 is 5.97 Å². The van der Waals surface area contributed by atoms with E-state index in [1.165, 1.54) is 0 Å². The zero-order valence-corrected chi connectivity index (χ0v) is 11.2. The zero-order valence-electron chi connectivity index (χ0n) is 9.62. The number of halogens is 1. The van der Waals surface area contributed by atoms with Gasteiger partial charge in [-0.25, -0.2) is 0 Å². The van der Waals surface area contributed by atoms with Gasteiger partial charge in [0, 0.05) is 15.9 Å². The van der Waals surface area contributed by atoms with E-state index in [1.54, 1.807) is 12.2 Å². The minimum absolute atomic E-state index is 0.191. The molecular weight excluding hydrogens is 298 g/mol. The van der Waals surface area contributed by atoms with Crippen molar-refractivity contribution < 1.29 is 9.53 Å². The number of carbonyl (C=O) groups excluding carboxylic acids is 1. The van der Waals surface area contributed by atoms with Crippen LogP contribution in [0.1, 0.15) is 5.56 Å². The molecule has 0 fully saturated rings. The number of nitrogens with zero attached hydrogens (tertiary/aromatic N) is 3. The van der Waals surface area contributed by atoms with Gasteiger partial charge in [0.2, 0.25) is 0 Å². The van der Waals surface area contributed by atoms with E-state index in [1.807, 2.05) is 24.3 Å². The van der Waals surface area contributed by atoms with E-state index in [0.717, 1.165) is 10.0 Å². The summed E-state index contributed by atoms with van der Waals surface area (Å²) in [7, 11) is 0. The van der Waals surface area contributed by atoms with Gasteiger partial charge in [-0.2, -0.15) is 0 Å². The number of esters is 1. The number of hydrogen-bond acceptors (Lipinski definition) is 3. The molecule has 0 radical (unpaired) electrons. The first kappa shape index (κ1) is 14.3. The van der Waals surface area contributed by atoms with Crippen LogP contribution >= 0.6 is 15.9 Å². The Morgan fingerprint density at radius 3 is 2.78 bits per heavy atom. The van der Waals surface area contributed by atoms with Gasteiger partial charge in [-0.1, -0.05) is 45.3 Å². The van der Waals surface area contributed by atoms with Crippen LogP contribution in [0.4, 0.5) is 0 Å². The van der Waals surface area contributed by atoms with Crippen molar-refractivity contribution in [2.24, 2.45) is 5.11 Å². The van der Waals surface area contributed by atoms with Crippen LogP contribution in [0, 0.1) is 0 Å². The maximum atomic E-state index is 11.4. The molecule has 0 bridgehead atoms. The van der Waals surface area contributed by atoms with Crippen LogP contribution in [-0.4, -0.2) is 19.1 Å². The third-order valence-corrected chi connectivity index (χ3v) is 2.55. The lowest BCUT2D eigenvalue weighted by atomic mass is 10.2. The Balaban J connectivity index is 2.27. The molecule has 0 aliphatic carbocycles. The minimum Gasteiger partial charge on any atom is -0.461 e. The van der Waals surface area contributed by atoms with Crippen LogP contribution in [0.15, 0.2) is 46.0 Å². The van der Waals surface area contributed by atoms with Gasteiger partial charge in [0.1, 0.15) is 6.61 Å². The Bertz CT molecular complexity index is 465. The van der Waals surface area contributed by atoms with Crippen molar-refractivity contribution in [3.8, 4) is 0 Å². The van der Waals surface area contributed by atoms with Crippen LogP contribution in [-0.2, 0) is 16.0 Å². The first-order chi connectivity index (χ1) is 8.72. The Morgan fingerprint density at radius 2 is 2.11 bits per heavy atom. The van der Waals surface area contributed by atoms with Crippen molar-refractivity contribution in [3.63, 3.8) is 0 Å². The van der Waals surface area contributed by atoms with Gasteiger partial charge in [0.15, 0.2) is 0 Å². The molecule has 6 heteroatoms. The van der Waals surface area contributed by atoms with E-state index < -0.39 is 0 Å². The maximum absolute atomic E-state index is 11.4. The molecule has 0 atom stereocenters. The van der Waals surface area contributed by atoms with Gasteiger partial charge in [-0.05, 0) is 23.2 Å². The number of carbonyl (C=O) groups is 1. The molecule has 0 amide bonds. The molecule has 0 heterocycles. The molecule has 0 unspecified atom stereocenters. The zero-order chi connectivity index (χ0) is 13.2. The second-order valence-corrected chi connectivity index (χ2v) is 4.29. The first-order valence-corrected chi connectivity index (χ1v) is 6.07. The largest absolute Gasteiger partial charge is 0.461 e. The Hall–Kier alpha value is -1.78. The molecule has 0 spiro atoms. The van der Waals surface area contributed by atoms with Crippen LogP contribution in [0.25, 0.3) is 10.4 Å². The quantitative estimate of drug-likeness (QED) is 0.265. The van der Waals surface area contributed by atoms with Gasteiger partial charge in [0.05, 0.1) is 6.42 Å². The highest BCUT2D eigenvalue weighted by Crippen LogP contribution is 2.11.